The molecule has 2 N–H and O–H groups in total. The van der Waals surface area contributed by atoms with E-state index in [1.165, 1.54) is 6.33 Å². The van der Waals surface area contributed by atoms with Gasteiger partial charge in [0, 0.05) is 6.04 Å². The van der Waals surface area contributed by atoms with Crippen molar-refractivity contribution in [3.05, 3.63) is 12.7 Å². The third kappa shape index (κ3) is 2.28. The van der Waals surface area contributed by atoms with E-state index in [0.717, 1.165) is 0 Å². The van der Waals surface area contributed by atoms with Gasteiger partial charge >= 0.3 is 0 Å². The quantitative estimate of drug-likeness (QED) is 0.578. The summed E-state index contributed by atoms with van der Waals surface area (Å²) in [6, 6.07) is 0.0525. The second-order valence-electron chi connectivity index (χ2n) is 2.29. The molecule has 62 valence electrons. The number of nitrogens with one attached hydrogen (secondary N) is 1. The molecule has 0 bridgehead atoms. The van der Waals surface area contributed by atoms with Gasteiger partial charge in [0.15, 0.2) is 0 Å². The Kier molecular flexibility index (Phi) is 3.00. The van der Waals surface area contributed by atoms with Gasteiger partial charge in [-0.15, -0.1) is 0 Å². The molecule has 0 radical (unpaired) electrons. The zero-order valence-corrected chi connectivity index (χ0v) is 6.44. The normalized spacial score (nSPS) is 13.3. The standard InChI is InChI=1S/C6H12N4O/c1-7-6(3-11)2-10-5-8-4-9-10/h4-7,11H,2-3H2,1H3. The van der Waals surface area contributed by atoms with Crippen molar-refractivity contribution in [3.8, 4) is 0 Å². The molecular weight excluding hydrogens is 144 g/mol. The lowest BCUT2D eigenvalue weighted by molar-refractivity contribution is 0.232. The van der Waals surface area contributed by atoms with E-state index in [9.17, 15) is 0 Å². The monoisotopic (exact) mass is 156 g/mol. The van der Waals surface area contributed by atoms with Crippen LogP contribution in [-0.4, -0.2) is 39.6 Å². The predicted molar refractivity (Wildman–Crippen MR) is 40.0 cm³/mol. The molecule has 0 spiro atoms. The average Bonchev–Trinajstić information content (AvgIpc) is 2.52. The Bertz CT molecular complexity index is 182. The highest BCUT2D eigenvalue weighted by Gasteiger charge is 2.03. The zero-order chi connectivity index (χ0) is 8.10. The lowest BCUT2D eigenvalue weighted by atomic mass is 10.3. The molecule has 0 aliphatic heterocycles. The fourth-order valence-electron chi connectivity index (χ4n) is 0.793. The van der Waals surface area contributed by atoms with E-state index >= 15 is 0 Å². The number of hydrogen-bond acceptors (Lipinski definition) is 4. The lowest BCUT2D eigenvalue weighted by Gasteiger charge is -2.11. The van der Waals surface area contributed by atoms with Gasteiger partial charge in [0.05, 0.1) is 13.2 Å². The van der Waals surface area contributed by atoms with Gasteiger partial charge in [-0.25, -0.2) is 4.98 Å². The molecule has 1 rings (SSSR count). The third-order valence-corrected chi connectivity index (χ3v) is 1.50. The third-order valence-electron chi connectivity index (χ3n) is 1.50. The highest BCUT2D eigenvalue weighted by Crippen LogP contribution is 1.86. The minimum atomic E-state index is 0.0525. The van der Waals surface area contributed by atoms with Gasteiger partial charge in [-0.05, 0) is 7.05 Å². The van der Waals surface area contributed by atoms with E-state index in [-0.39, 0.29) is 12.6 Å². The molecule has 11 heavy (non-hydrogen) atoms. The molecule has 0 fully saturated rings. The van der Waals surface area contributed by atoms with Gasteiger partial charge in [-0.1, -0.05) is 0 Å². The molecule has 1 unspecified atom stereocenters. The van der Waals surface area contributed by atoms with Crippen LogP contribution in [0.25, 0.3) is 0 Å². The Morgan fingerprint density at radius 1 is 1.73 bits per heavy atom. The van der Waals surface area contributed by atoms with E-state index in [2.05, 4.69) is 15.4 Å². The van der Waals surface area contributed by atoms with Gasteiger partial charge < -0.3 is 10.4 Å². The number of rotatable bonds is 4. The maximum atomic E-state index is 8.80. The molecule has 1 atom stereocenters. The number of nitrogens with zero attached hydrogens (tertiary/aromatic N) is 3. The van der Waals surface area contributed by atoms with E-state index < -0.39 is 0 Å². The summed E-state index contributed by atoms with van der Waals surface area (Å²) in [4.78, 5) is 3.79. The largest absolute Gasteiger partial charge is 0.395 e. The molecular formula is C6H12N4O. The van der Waals surface area contributed by atoms with Crippen molar-refractivity contribution >= 4 is 0 Å². The molecule has 5 heteroatoms. The zero-order valence-electron chi connectivity index (χ0n) is 6.44. The predicted octanol–water partition coefficient (Wildman–Crippen LogP) is -1.14. The summed E-state index contributed by atoms with van der Waals surface area (Å²) in [5.74, 6) is 0. The van der Waals surface area contributed by atoms with Crippen molar-refractivity contribution in [2.45, 2.75) is 12.6 Å². The number of aromatic nitrogens is 3. The summed E-state index contributed by atoms with van der Waals surface area (Å²) in [6.45, 7) is 0.753. The summed E-state index contributed by atoms with van der Waals surface area (Å²) in [5.41, 5.74) is 0. The second-order valence-corrected chi connectivity index (χ2v) is 2.29. The van der Waals surface area contributed by atoms with Crippen molar-refractivity contribution in [1.82, 2.24) is 20.1 Å². The van der Waals surface area contributed by atoms with E-state index in [1.54, 1.807) is 18.1 Å². The van der Waals surface area contributed by atoms with Crippen LogP contribution >= 0.6 is 0 Å². The highest BCUT2D eigenvalue weighted by atomic mass is 16.3. The van der Waals surface area contributed by atoms with Crippen LogP contribution < -0.4 is 5.32 Å². The maximum absolute atomic E-state index is 8.80. The summed E-state index contributed by atoms with van der Waals surface area (Å²) in [6.07, 6.45) is 3.10. The summed E-state index contributed by atoms with van der Waals surface area (Å²) >= 11 is 0. The van der Waals surface area contributed by atoms with Crippen molar-refractivity contribution in [2.75, 3.05) is 13.7 Å². The lowest BCUT2D eigenvalue weighted by Crippen LogP contribution is -2.33. The number of aliphatic hydroxyl groups is 1. The van der Waals surface area contributed by atoms with Crippen LogP contribution in [0.15, 0.2) is 12.7 Å². The molecule has 0 aliphatic rings. The Balaban J connectivity index is 2.41. The second kappa shape index (κ2) is 4.05. The average molecular weight is 156 g/mol. The summed E-state index contributed by atoms with van der Waals surface area (Å²) in [5, 5.41) is 15.7. The number of hydrogen-bond donors (Lipinski definition) is 2. The first-order chi connectivity index (χ1) is 5.36. The minimum Gasteiger partial charge on any atom is -0.395 e. The topological polar surface area (TPSA) is 63.0 Å². The molecule has 5 nitrogen and oxygen atoms in total. The van der Waals surface area contributed by atoms with Crippen LogP contribution in [0.3, 0.4) is 0 Å². The van der Waals surface area contributed by atoms with Crippen LogP contribution in [-0.2, 0) is 6.54 Å². The van der Waals surface area contributed by atoms with Crippen molar-refractivity contribution in [2.24, 2.45) is 0 Å². The Morgan fingerprint density at radius 3 is 3.00 bits per heavy atom. The Hall–Kier alpha value is -0.940. The van der Waals surface area contributed by atoms with E-state index in [1.807, 2.05) is 0 Å². The first-order valence-electron chi connectivity index (χ1n) is 3.47. The Labute approximate surface area is 65.1 Å². The SMILES string of the molecule is CNC(CO)Cn1cncn1. The summed E-state index contributed by atoms with van der Waals surface area (Å²) in [7, 11) is 1.80. The molecule has 1 aromatic heterocycles. The maximum Gasteiger partial charge on any atom is 0.137 e. The minimum absolute atomic E-state index is 0.0525. The van der Waals surface area contributed by atoms with Gasteiger partial charge in [0.25, 0.3) is 0 Å². The first kappa shape index (κ1) is 8.16. The molecule has 1 aromatic rings. The van der Waals surface area contributed by atoms with Crippen LogP contribution in [0.4, 0.5) is 0 Å². The van der Waals surface area contributed by atoms with Gasteiger partial charge in [-0.2, -0.15) is 5.10 Å². The van der Waals surface area contributed by atoms with Crippen molar-refractivity contribution < 1.29 is 5.11 Å². The van der Waals surface area contributed by atoms with Crippen molar-refractivity contribution in [3.63, 3.8) is 0 Å². The van der Waals surface area contributed by atoms with Crippen molar-refractivity contribution in [1.29, 1.82) is 0 Å². The molecule has 0 saturated carbocycles. The highest BCUT2D eigenvalue weighted by molar-refractivity contribution is 4.65. The van der Waals surface area contributed by atoms with Crippen LogP contribution in [0.1, 0.15) is 0 Å². The van der Waals surface area contributed by atoms with E-state index in [0.29, 0.717) is 6.54 Å². The van der Waals surface area contributed by atoms with E-state index in [4.69, 9.17) is 5.11 Å². The van der Waals surface area contributed by atoms with Crippen LogP contribution in [0.5, 0.6) is 0 Å². The molecule has 0 amide bonds. The summed E-state index contributed by atoms with van der Waals surface area (Å²) < 4.78 is 1.68. The van der Waals surface area contributed by atoms with Crippen LogP contribution in [0, 0.1) is 0 Å². The van der Waals surface area contributed by atoms with Gasteiger partial charge in [0.2, 0.25) is 0 Å². The first-order valence-corrected chi connectivity index (χ1v) is 3.47. The number of aliphatic hydroxyl groups excluding tert-OH is 1. The molecule has 0 saturated heterocycles. The van der Waals surface area contributed by atoms with Gasteiger partial charge in [-0.3, -0.25) is 4.68 Å². The molecule has 1 heterocycles. The molecule has 0 aliphatic carbocycles. The van der Waals surface area contributed by atoms with Crippen LogP contribution in [0.2, 0.25) is 0 Å². The fourth-order valence-corrected chi connectivity index (χ4v) is 0.793. The van der Waals surface area contributed by atoms with Gasteiger partial charge in [0.1, 0.15) is 12.7 Å². The smallest absolute Gasteiger partial charge is 0.137 e. The fraction of sp³-hybridized carbons (Fsp3) is 0.667. The molecule has 0 aromatic carbocycles. The number of likely N-dealkylation sites (N-methyl/N-ethyl adjacent to an activating group) is 1. The Morgan fingerprint density at radius 2 is 2.55 bits per heavy atom.